The SMILES string of the molecule is C=CC=CCc1cccc(C(C#N)OC(=O)C2C(C=C(C)C)C2(C)C)c1. The summed E-state index contributed by atoms with van der Waals surface area (Å²) in [7, 11) is 0. The first-order chi connectivity index (χ1) is 12.3. The van der Waals surface area contributed by atoms with Crippen molar-refractivity contribution >= 4 is 5.97 Å². The lowest BCUT2D eigenvalue weighted by atomic mass is 10.0. The van der Waals surface area contributed by atoms with E-state index in [-0.39, 0.29) is 23.2 Å². The molecule has 2 rings (SSSR count). The quantitative estimate of drug-likeness (QED) is 0.380. The zero-order chi connectivity index (χ0) is 19.3. The molecular formula is C23H27NO2. The van der Waals surface area contributed by atoms with Crippen LogP contribution in [0.25, 0.3) is 0 Å². The summed E-state index contributed by atoms with van der Waals surface area (Å²) in [6.45, 7) is 11.8. The van der Waals surface area contributed by atoms with Crippen LogP contribution in [0.3, 0.4) is 0 Å². The maximum absolute atomic E-state index is 12.6. The second-order valence-corrected chi connectivity index (χ2v) is 7.63. The average Bonchev–Trinajstić information content (AvgIpc) is 3.12. The molecule has 0 heterocycles. The largest absolute Gasteiger partial charge is 0.442 e. The minimum absolute atomic E-state index is 0.119. The number of nitrogens with zero attached hydrogens (tertiary/aromatic N) is 1. The molecule has 0 bridgehead atoms. The molecule has 26 heavy (non-hydrogen) atoms. The van der Waals surface area contributed by atoms with E-state index in [1.54, 1.807) is 6.08 Å². The lowest BCUT2D eigenvalue weighted by molar-refractivity contribution is -0.149. The van der Waals surface area contributed by atoms with Crippen molar-refractivity contribution in [1.82, 2.24) is 0 Å². The number of carbonyl (C=O) groups is 1. The molecule has 1 fully saturated rings. The van der Waals surface area contributed by atoms with Gasteiger partial charge in [-0.25, -0.2) is 0 Å². The standard InChI is InChI=1S/C23H27NO2/c1-6-7-8-10-17-11-9-12-18(14-17)20(15-24)26-22(25)21-19(13-16(2)3)23(21,4)5/h6-9,11-14,19-21H,1,10H2,2-5H3. The number of esters is 1. The second-order valence-electron chi connectivity index (χ2n) is 7.63. The van der Waals surface area contributed by atoms with Gasteiger partial charge in [0.05, 0.1) is 5.92 Å². The minimum atomic E-state index is -0.880. The monoisotopic (exact) mass is 349 g/mol. The van der Waals surface area contributed by atoms with Crippen LogP contribution in [0.5, 0.6) is 0 Å². The van der Waals surface area contributed by atoms with Gasteiger partial charge in [-0.3, -0.25) is 4.79 Å². The van der Waals surface area contributed by atoms with Gasteiger partial charge in [0.2, 0.25) is 6.10 Å². The summed E-state index contributed by atoms with van der Waals surface area (Å²) in [4.78, 5) is 12.6. The maximum Gasteiger partial charge on any atom is 0.311 e. The first-order valence-corrected chi connectivity index (χ1v) is 8.92. The zero-order valence-electron chi connectivity index (χ0n) is 16.0. The molecule has 0 radical (unpaired) electrons. The van der Waals surface area contributed by atoms with Gasteiger partial charge in [-0.2, -0.15) is 5.26 Å². The Balaban J connectivity index is 2.10. The zero-order valence-corrected chi connectivity index (χ0v) is 16.0. The number of hydrogen-bond acceptors (Lipinski definition) is 3. The van der Waals surface area contributed by atoms with Crippen LogP contribution < -0.4 is 0 Å². The number of hydrogen-bond donors (Lipinski definition) is 0. The third-order valence-corrected chi connectivity index (χ3v) is 4.91. The van der Waals surface area contributed by atoms with E-state index in [1.165, 1.54) is 5.57 Å². The summed E-state index contributed by atoms with van der Waals surface area (Å²) < 4.78 is 5.57. The molecule has 0 aromatic heterocycles. The van der Waals surface area contributed by atoms with Crippen LogP contribution >= 0.6 is 0 Å². The lowest BCUT2D eigenvalue weighted by Crippen LogP contribution is -2.14. The van der Waals surface area contributed by atoms with Gasteiger partial charge in [-0.05, 0) is 37.2 Å². The van der Waals surface area contributed by atoms with Gasteiger partial charge in [0, 0.05) is 5.56 Å². The molecule has 3 atom stereocenters. The van der Waals surface area contributed by atoms with Gasteiger partial charge < -0.3 is 4.74 Å². The number of nitriles is 1. The molecule has 1 aliphatic carbocycles. The summed E-state index contributed by atoms with van der Waals surface area (Å²) in [6, 6.07) is 9.74. The predicted molar refractivity (Wildman–Crippen MR) is 104 cm³/mol. The minimum Gasteiger partial charge on any atom is -0.442 e. The van der Waals surface area contributed by atoms with Crippen molar-refractivity contribution in [2.45, 2.75) is 40.2 Å². The Labute approximate surface area is 156 Å². The third-order valence-electron chi connectivity index (χ3n) is 4.91. The van der Waals surface area contributed by atoms with Gasteiger partial charge in [-0.15, -0.1) is 0 Å². The van der Waals surface area contributed by atoms with Crippen LogP contribution in [-0.2, 0) is 16.0 Å². The lowest BCUT2D eigenvalue weighted by Gasteiger charge is -2.13. The van der Waals surface area contributed by atoms with Crippen molar-refractivity contribution in [3.05, 3.63) is 71.8 Å². The van der Waals surface area contributed by atoms with Crippen molar-refractivity contribution in [2.24, 2.45) is 17.3 Å². The van der Waals surface area contributed by atoms with Gasteiger partial charge in [0.1, 0.15) is 6.07 Å². The van der Waals surface area contributed by atoms with E-state index in [0.717, 1.165) is 12.0 Å². The molecule has 1 saturated carbocycles. The van der Waals surface area contributed by atoms with Crippen LogP contribution in [-0.4, -0.2) is 5.97 Å². The maximum atomic E-state index is 12.6. The first kappa shape index (κ1) is 19.7. The summed E-state index contributed by atoms with van der Waals surface area (Å²) in [6.07, 6.45) is 7.59. The predicted octanol–water partition coefficient (Wildman–Crippen LogP) is 5.32. The van der Waals surface area contributed by atoms with E-state index in [9.17, 15) is 10.1 Å². The Hall–Kier alpha value is -2.60. The highest BCUT2D eigenvalue weighted by atomic mass is 16.5. The molecule has 0 N–H and O–H groups in total. The number of carbonyl (C=O) groups excluding carboxylic acids is 1. The molecule has 3 nitrogen and oxygen atoms in total. The van der Waals surface area contributed by atoms with Crippen LogP contribution in [0, 0.1) is 28.6 Å². The van der Waals surface area contributed by atoms with Gasteiger partial charge >= 0.3 is 5.97 Å². The molecule has 0 amide bonds. The summed E-state index contributed by atoms with van der Waals surface area (Å²) in [5.74, 6) is -0.303. The molecule has 136 valence electrons. The molecule has 0 saturated heterocycles. The van der Waals surface area contributed by atoms with Crippen LogP contribution in [0.1, 0.15) is 44.9 Å². The molecule has 1 aromatic carbocycles. The van der Waals surface area contributed by atoms with E-state index in [1.807, 2.05) is 50.3 Å². The Morgan fingerprint density at radius 3 is 2.77 bits per heavy atom. The first-order valence-electron chi connectivity index (χ1n) is 8.92. The summed E-state index contributed by atoms with van der Waals surface area (Å²) in [5, 5.41) is 9.51. The highest BCUT2D eigenvalue weighted by molar-refractivity contribution is 5.78. The fourth-order valence-corrected chi connectivity index (χ4v) is 3.34. The third kappa shape index (κ3) is 4.52. The van der Waals surface area contributed by atoms with Crippen molar-refractivity contribution in [3.63, 3.8) is 0 Å². The van der Waals surface area contributed by atoms with Crippen LogP contribution in [0.15, 0.2) is 60.7 Å². The van der Waals surface area contributed by atoms with E-state index in [4.69, 9.17) is 4.74 Å². The number of rotatable bonds is 7. The fraction of sp³-hybridized carbons (Fsp3) is 0.391. The second kappa shape index (κ2) is 8.19. The van der Waals surface area contributed by atoms with Gasteiger partial charge in [-0.1, -0.05) is 74.6 Å². The van der Waals surface area contributed by atoms with Crippen LogP contribution in [0.2, 0.25) is 0 Å². The molecule has 1 aromatic rings. The smallest absolute Gasteiger partial charge is 0.311 e. The van der Waals surface area contributed by atoms with Crippen molar-refractivity contribution in [3.8, 4) is 6.07 Å². The molecule has 0 aliphatic heterocycles. The number of benzene rings is 1. The Bertz CT molecular complexity index is 776. The average molecular weight is 349 g/mol. The van der Waals surface area contributed by atoms with Crippen molar-refractivity contribution < 1.29 is 9.53 Å². The van der Waals surface area contributed by atoms with E-state index in [0.29, 0.717) is 5.56 Å². The Morgan fingerprint density at radius 2 is 2.15 bits per heavy atom. The van der Waals surface area contributed by atoms with Crippen molar-refractivity contribution in [1.29, 1.82) is 5.26 Å². The topological polar surface area (TPSA) is 50.1 Å². The molecular weight excluding hydrogens is 322 g/mol. The molecule has 3 unspecified atom stereocenters. The normalized spacial score (nSPS) is 21.5. The highest BCUT2D eigenvalue weighted by Gasteiger charge is 2.61. The Kier molecular flexibility index (Phi) is 6.21. The molecule has 0 spiro atoms. The van der Waals surface area contributed by atoms with Gasteiger partial charge in [0.25, 0.3) is 0 Å². The summed E-state index contributed by atoms with van der Waals surface area (Å²) in [5.41, 5.74) is 2.84. The summed E-state index contributed by atoms with van der Waals surface area (Å²) >= 11 is 0. The van der Waals surface area contributed by atoms with Crippen LogP contribution in [0.4, 0.5) is 0 Å². The van der Waals surface area contributed by atoms with E-state index in [2.05, 4.69) is 32.6 Å². The van der Waals surface area contributed by atoms with E-state index < -0.39 is 6.10 Å². The molecule has 1 aliphatic rings. The number of allylic oxidation sites excluding steroid dienone is 5. The van der Waals surface area contributed by atoms with Gasteiger partial charge in [0.15, 0.2) is 0 Å². The molecule has 3 heteroatoms. The highest BCUT2D eigenvalue weighted by Crippen LogP contribution is 2.60. The number of ether oxygens (including phenoxy) is 1. The van der Waals surface area contributed by atoms with Crippen molar-refractivity contribution in [2.75, 3.05) is 0 Å². The van der Waals surface area contributed by atoms with E-state index >= 15 is 0 Å². The Morgan fingerprint density at radius 1 is 1.42 bits per heavy atom. The fourth-order valence-electron chi connectivity index (χ4n) is 3.34.